The van der Waals surface area contributed by atoms with Crippen LogP contribution in [0.1, 0.15) is 23.1 Å². The number of amides is 1. The average Bonchev–Trinajstić information content (AvgIpc) is 2.91. The van der Waals surface area contributed by atoms with Crippen molar-refractivity contribution in [2.75, 3.05) is 34.5 Å². The molecule has 3 aromatic rings. The molecule has 0 radical (unpaired) electrons. The van der Waals surface area contributed by atoms with Gasteiger partial charge < -0.3 is 23.8 Å². The lowest BCUT2D eigenvalue weighted by molar-refractivity contribution is -0.131. The Hall–Kier alpha value is -3.93. The third-order valence-corrected chi connectivity index (χ3v) is 6.65. The van der Waals surface area contributed by atoms with Crippen molar-refractivity contribution in [1.29, 1.82) is 0 Å². The number of ether oxygens (including phenoxy) is 4. The van der Waals surface area contributed by atoms with Gasteiger partial charge in [0.25, 0.3) is 0 Å². The first kappa shape index (κ1) is 22.8. The summed E-state index contributed by atoms with van der Waals surface area (Å²) in [6, 6.07) is 18.1. The smallest absolute Gasteiger partial charge is 0.227 e. The molecule has 180 valence electrons. The summed E-state index contributed by atoms with van der Waals surface area (Å²) in [4.78, 5) is 15.1. The van der Waals surface area contributed by atoms with Gasteiger partial charge in [-0.2, -0.15) is 0 Å². The maximum atomic E-state index is 13.2. The summed E-state index contributed by atoms with van der Waals surface area (Å²) in [6.45, 7) is 1.69. The maximum Gasteiger partial charge on any atom is 0.227 e. The van der Waals surface area contributed by atoms with Crippen LogP contribution in [0.15, 0.2) is 60.2 Å². The van der Waals surface area contributed by atoms with E-state index in [1.54, 1.807) is 21.3 Å². The zero-order chi connectivity index (χ0) is 24.4. The molecule has 2 aliphatic heterocycles. The quantitative estimate of drug-likeness (QED) is 0.499. The van der Waals surface area contributed by atoms with Gasteiger partial charge in [-0.1, -0.05) is 18.2 Å². The van der Waals surface area contributed by atoms with Crippen LogP contribution in [0, 0.1) is 0 Å². The minimum absolute atomic E-state index is 0.107. The van der Waals surface area contributed by atoms with Crippen LogP contribution < -0.4 is 18.9 Å². The zero-order valence-corrected chi connectivity index (χ0v) is 20.3. The molecule has 0 unspecified atom stereocenters. The molecule has 2 heterocycles. The molecule has 0 fully saturated rings. The van der Waals surface area contributed by atoms with Crippen molar-refractivity contribution in [3.8, 4) is 34.1 Å². The zero-order valence-electron chi connectivity index (χ0n) is 20.3. The number of benzene rings is 3. The average molecular weight is 472 g/mol. The second-order valence-corrected chi connectivity index (χ2v) is 8.79. The molecule has 0 saturated carbocycles. The van der Waals surface area contributed by atoms with Crippen molar-refractivity contribution < 1.29 is 23.7 Å². The van der Waals surface area contributed by atoms with E-state index in [0.29, 0.717) is 31.9 Å². The highest BCUT2D eigenvalue weighted by molar-refractivity contribution is 5.82. The lowest BCUT2D eigenvalue weighted by Gasteiger charge is -2.30. The molecule has 0 aliphatic carbocycles. The highest BCUT2D eigenvalue weighted by atomic mass is 16.5. The third kappa shape index (κ3) is 4.69. The van der Waals surface area contributed by atoms with E-state index in [9.17, 15) is 4.79 Å². The number of nitrogens with zero attached hydrogens (tertiary/aromatic N) is 1. The molecule has 0 bridgehead atoms. The summed E-state index contributed by atoms with van der Waals surface area (Å²) >= 11 is 0. The molecule has 6 nitrogen and oxygen atoms in total. The van der Waals surface area contributed by atoms with E-state index < -0.39 is 0 Å². The van der Waals surface area contributed by atoms with E-state index in [2.05, 4.69) is 18.2 Å². The Morgan fingerprint density at radius 3 is 2.31 bits per heavy atom. The van der Waals surface area contributed by atoms with E-state index in [1.165, 1.54) is 5.56 Å². The number of methoxy groups -OCH3 is 3. The summed E-state index contributed by atoms with van der Waals surface area (Å²) in [5, 5.41) is 0. The number of carbonyl (C=O) groups is 1. The van der Waals surface area contributed by atoms with Crippen molar-refractivity contribution in [1.82, 2.24) is 4.90 Å². The summed E-state index contributed by atoms with van der Waals surface area (Å²) in [7, 11) is 4.93. The van der Waals surface area contributed by atoms with Gasteiger partial charge in [0.05, 0.1) is 27.8 Å². The van der Waals surface area contributed by atoms with E-state index in [-0.39, 0.29) is 5.91 Å². The summed E-state index contributed by atoms with van der Waals surface area (Å²) in [5.74, 6) is 3.19. The van der Waals surface area contributed by atoms with Crippen LogP contribution in [0.4, 0.5) is 0 Å². The van der Waals surface area contributed by atoms with Crippen molar-refractivity contribution in [2.45, 2.75) is 19.4 Å². The van der Waals surface area contributed by atoms with Crippen LogP contribution >= 0.6 is 0 Å². The predicted molar refractivity (Wildman–Crippen MR) is 135 cm³/mol. The molecule has 0 N–H and O–H groups in total. The Morgan fingerprint density at radius 1 is 0.886 bits per heavy atom. The molecular weight excluding hydrogens is 442 g/mol. The molecular formula is C29H29NO5. The predicted octanol–water partition coefficient (Wildman–Crippen LogP) is 5.13. The van der Waals surface area contributed by atoms with Crippen LogP contribution in [0.2, 0.25) is 0 Å². The molecule has 1 amide bonds. The number of rotatable bonds is 6. The highest BCUT2D eigenvalue weighted by Gasteiger charge is 2.24. The van der Waals surface area contributed by atoms with Crippen molar-refractivity contribution in [3.05, 3.63) is 76.9 Å². The number of hydrogen-bond acceptors (Lipinski definition) is 5. The minimum Gasteiger partial charge on any atom is -0.497 e. The standard InChI is InChI=1S/C29H29NO5/c1-32-25-7-4-20(5-8-25)21-6-9-26-23(14-21)12-19(18-35-26)13-29(31)30-11-10-22-15-27(33-2)28(34-3)16-24(22)17-30/h4-9,12,14-16H,10-11,13,17-18H2,1-3H3. The molecule has 6 heteroatoms. The monoisotopic (exact) mass is 471 g/mol. The van der Waals surface area contributed by atoms with Crippen LogP contribution in [0.3, 0.4) is 0 Å². The number of hydrogen-bond donors (Lipinski definition) is 0. The van der Waals surface area contributed by atoms with Crippen molar-refractivity contribution in [2.24, 2.45) is 0 Å². The van der Waals surface area contributed by atoms with Crippen molar-refractivity contribution >= 4 is 12.0 Å². The van der Waals surface area contributed by atoms with E-state index >= 15 is 0 Å². The molecule has 5 rings (SSSR count). The van der Waals surface area contributed by atoms with Crippen LogP contribution in [0.25, 0.3) is 17.2 Å². The Kier molecular flexibility index (Phi) is 6.36. The molecule has 0 atom stereocenters. The van der Waals surface area contributed by atoms with Gasteiger partial charge in [-0.05, 0) is 76.7 Å². The molecule has 0 saturated heterocycles. The van der Waals surface area contributed by atoms with Gasteiger partial charge in [-0.25, -0.2) is 0 Å². The first-order valence-corrected chi connectivity index (χ1v) is 11.7. The second-order valence-electron chi connectivity index (χ2n) is 8.79. The van der Waals surface area contributed by atoms with Gasteiger partial charge in [0.15, 0.2) is 11.5 Å². The largest absolute Gasteiger partial charge is 0.497 e. The molecule has 2 aliphatic rings. The normalized spacial score (nSPS) is 14.3. The van der Waals surface area contributed by atoms with Gasteiger partial charge >= 0.3 is 0 Å². The fourth-order valence-electron chi connectivity index (χ4n) is 4.69. The van der Waals surface area contributed by atoms with Crippen LogP contribution in [-0.2, 0) is 17.8 Å². The van der Waals surface area contributed by atoms with Gasteiger partial charge in [0, 0.05) is 18.7 Å². The summed E-state index contributed by atoms with van der Waals surface area (Å²) < 4.78 is 22.1. The molecule has 0 aromatic heterocycles. The lowest BCUT2D eigenvalue weighted by atomic mass is 9.97. The van der Waals surface area contributed by atoms with Crippen LogP contribution in [0.5, 0.6) is 23.0 Å². The van der Waals surface area contributed by atoms with Gasteiger partial charge in [-0.3, -0.25) is 4.79 Å². The topological polar surface area (TPSA) is 57.2 Å². The fourth-order valence-corrected chi connectivity index (χ4v) is 4.69. The minimum atomic E-state index is 0.107. The van der Waals surface area contributed by atoms with Gasteiger partial charge in [-0.15, -0.1) is 0 Å². The van der Waals surface area contributed by atoms with Gasteiger partial charge in [0.1, 0.15) is 18.1 Å². The van der Waals surface area contributed by atoms with Crippen molar-refractivity contribution in [3.63, 3.8) is 0 Å². The molecule has 35 heavy (non-hydrogen) atoms. The SMILES string of the molecule is COc1ccc(-c2ccc3c(c2)C=C(CC(=O)N2CCc4cc(OC)c(OC)cc4C2)CO3)cc1. The summed E-state index contributed by atoms with van der Waals surface area (Å²) in [6.07, 6.45) is 3.23. The molecule has 3 aromatic carbocycles. The summed E-state index contributed by atoms with van der Waals surface area (Å²) in [5.41, 5.74) is 6.47. The fraction of sp³-hybridized carbons (Fsp3) is 0.276. The van der Waals surface area contributed by atoms with E-state index in [0.717, 1.165) is 51.5 Å². The molecule has 0 spiro atoms. The Bertz CT molecular complexity index is 1280. The highest BCUT2D eigenvalue weighted by Crippen LogP contribution is 2.35. The van der Waals surface area contributed by atoms with Gasteiger partial charge in [0.2, 0.25) is 5.91 Å². The Labute approximate surface area is 205 Å². The lowest BCUT2D eigenvalue weighted by Crippen LogP contribution is -2.36. The Balaban J connectivity index is 1.31. The van der Waals surface area contributed by atoms with E-state index in [1.807, 2.05) is 47.4 Å². The van der Waals surface area contributed by atoms with Crippen LogP contribution in [-0.4, -0.2) is 45.3 Å². The Morgan fingerprint density at radius 2 is 1.60 bits per heavy atom. The number of fused-ring (bicyclic) bond motifs is 2. The second kappa shape index (κ2) is 9.74. The first-order valence-electron chi connectivity index (χ1n) is 11.7. The first-order chi connectivity index (χ1) is 17.1. The third-order valence-electron chi connectivity index (χ3n) is 6.65. The maximum absolute atomic E-state index is 13.2. The van der Waals surface area contributed by atoms with E-state index in [4.69, 9.17) is 18.9 Å². The number of carbonyl (C=O) groups excluding carboxylic acids is 1.